The molecule has 1 aromatic rings. The van der Waals surface area contributed by atoms with Gasteiger partial charge in [0, 0.05) is 7.05 Å². The summed E-state index contributed by atoms with van der Waals surface area (Å²) in [7, 11) is 1.71. The van der Waals surface area contributed by atoms with Gasteiger partial charge in [-0.2, -0.15) is 5.10 Å². The van der Waals surface area contributed by atoms with Gasteiger partial charge in [0.1, 0.15) is 12.2 Å². The molecule has 1 heterocycles. The predicted molar refractivity (Wildman–Crippen MR) is 55.7 cm³/mol. The van der Waals surface area contributed by atoms with Gasteiger partial charge in [0.05, 0.1) is 12.6 Å². The summed E-state index contributed by atoms with van der Waals surface area (Å²) in [6.07, 6.45) is 3.03. The Balaban J connectivity index is 2.46. The number of aromatic amines is 1. The van der Waals surface area contributed by atoms with Gasteiger partial charge in [-0.1, -0.05) is 13.3 Å². The standard InChI is InChI=1S/C9H17N5O/c1-3-4-7(10)9(15)14(2)5-8-11-6-12-13-8/h6-7H,3-5,10H2,1-2H3,(H,11,12,13)/t7-/m0/s1. The van der Waals surface area contributed by atoms with Gasteiger partial charge in [0.2, 0.25) is 5.91 Å². The van der Waals surface area contributed by atoms with Crippen LogP contribution >= 0.6 is 0 Å². The van der Waals surface area contributed by atoms with Crippen LogP contribution in [0.25, 0.3) is 0 Å². The van der Waals surface area contributed by atoms with Crippen LogP contribution in [0.5, 0.6) is 0 Å². The molecule has 1 aromatic heterocycles. The lowest BCUT2D eigenvalue weighted by molar-refractivity contribution is -0.132. The third-order valence-corrected chi connectivity index (χ3v) is 2.14. The van der Waals surface area contributed by atoms with Crippen LogP contribution in [0.2, 0.25) is 0 Å². The van der Waals surface area contributed by atoms with Gasteiger partial charge in [-0.05, 0) is 6.42 Å². The Morgan fingerprint density at radius 1 is 1.73 bits per heavy atom. The number of likely N-dealkylation sites (N-methyl/N-ethyl adjacent to an activating group) is 1. The second-order valence-corrected chi connectivity index (χ2v) is 3.52. The Morgan fingerprint density at radius 3 is 3.00 bits per heavy atom. The molecule has 0 radical (unpaired) electrons. The molecule has 84 valence electrons. The Labute approximate surface area is 88.9 Å². The summed E-state index contributed by atoms with van der Waals surface area (Å²) < 4.78 is 0. The Kier molecular flexibility index (Phi) is 4.23. The van der Waals surface area contributed by atoms with E-state index in [1.807, 2.05) is 6.92 Å². The zero-order valence-electron chi connectivity index (χ0n) is 9.10. The lowest BCUT2D eigenvalue weighted by Crippen LogP contribution is -2.41. The van der Waals surface area contributed by atoms with Crippen molar-refractivity contribution in [1.82, 2.24) is 20.1 Å². The van der Waals surface area contributed by atoms with Crippen LogP contribution in [-0.2, 0) is 11.3 Å². The fraction of sp³-hybridized carbons (Fsp3) is 0.667. The minimum absolute atomic E-state index is 0.0618. The summed E-state index contributed by atoms with van der Waals surface area (Å²) in [4.78, 5) is 17.2. The largest absolute Gasteiger partial charge is 0.337 e. The first-order chi connectivity index (χ1) is 7.15. The van der Waals surface area contributed by atoms with Crippen LogP contribution in [-0.4, -0.2) is 39.1 Å². The van der Waals surface area contributed by atoms with Crippen molar-refractivity contribution in [3.8, 4) is 0 Å². The van der Waals surface area contributed by atoms with Crippen molar-refractivity contribution in [3.63, 3.8) is 0 Å². The molecule has 3 N–H and O–H groups in total. The van der Waals surface area contributed by atoms with Crippen LogP contribution < -0.4 is 5.73 Å². The van der Waals surface area contributed by atoms with Gasteiger partial charge in [-0.25, -0.2) is 4.98 Å². The first-order valence-corrected chi connectivity index (χ1v) is 5.00. The molecule has 0 unspecified atom stereocenters. The van der Waals surface area contributed by atoms with Gasteiger partial charge in [-0.15, -0.1) is 0 Å². The molecular formula is C9H17N5O. The minimum atomic E-state index is -0.414. The van der Waals surface area contributed by atoms with Crippen LogP contribution in [0.15, 0.2) is 6.33 Å². The highest BCUT2D eigenvalue weighted by atomic mass is 16.2. The van der Waals surface area contributed by atoms with Crippen LogP contribution in [0.4, 0.5) is 0 Å². The highest BCUT2D eigenvalue weighted by Gasteiger charge is 2.17. The molecule has 0 fully saturated rings. The van der Waals surface area contributed by atoms with Crippen LogP contribution in [0.1, 0.15) is 25.6 Å². The topological polar surface area (TPSA) is 87.9 Å². The van der Waals surface area contributed by atoms with Gasteiger partial charge in [0.25, 0.3) is 0 Å². The molecule has 0 aliphatic rings. The van der Waals surface area contributed by atoms with Crippen LogP contribution in [0.3, 0.4) is 0 Å². The molecule has 0 spiro atoms. The fourth-order valence-electron chi connectivity index (χ4n) is 1.33. The molecule has 0 aliphatic heterocycles. The number of rotatable bonds is 5. The summed E-state index contributed by atoms with van der Waals surface area (Å²) in [5, 5.41) is 6.41. The molecule has 1 rings (SSSR count). The Morgan fingerprint density at radius 2 is 2.47 bits per heavy atom. The first kappa shape index (κ1) is 11.6. The fourth-order valence-corrected chi connectivity index (χ4v) is 1.33. The minimum Gasteiger partial charge on any atom is -0.337 e. The maximum absolute atomic E-state index is 11.7. The van der Waals surface area contributed by atoms with Crippen molar-refractivity contribution in [2.45, 2.75) is 32.4 Å². The zero-order chi connectivity index (χ0) is 11.3. The molecule has 6 nitrogen and oxygen atoms in total. The lowest BCUT2D eigenvalue weighted by Gasteiger charge is -2.19. The summed E-state index contributed by atoms with van der Waals surface area (Å²) in [6, 6.07) is -0.414. The summed E-state index contributed by atoms with van der Waals surface area (Å²) in [5.74, 6) is 0.600. The van der Waals surface area contributed by atoms with E-state index in [1.165, 1.54) is 6.33 Å². The van der Waals surface area contributed by atoms with E-state index >= 15 is 0 Å². The molecular weight excluding hydrogens is 194 g/mol. The number of nitrogens with one attached hydrogen (secondary N) is 1. The summed E-state index contributed by atoms with van der Waals surface area (Å²) in [5.41, 5.74) is 5.72. The third-order valence-electron chi connectivity index (χ3n) is 2.14. The molecule has 0 bridgehead atoms. The summed E-state index contributed by atoms with van der Waals surface area (Å²) >= 11 is 0. The molecule has 15 heavy (non-hydrogen) atoms. The second-order valence-electron chi connectivity index (χ2n) is 3.52. The number of carbonyl (C=O) groups excluding carboxylic acids is 1. The first-order valence-electron chi connectivity index (χ1n) is 5.00. The quantitative estimate of drug-likeness (QED) is 0.711. The van der Waals surface area contributed by atoms with Gasteiger partial charge in [-0.3, -0.25) is 9.89 Å². The van der Waals surface area contributed by atoms with E-state index in [1.54, 1.807) is 11.9 Å². The van der Waals surface area contributed by atoms with Gasteiger partial charge in [0.15, 0.2) is 0 Å². The normalized spacial score (nSPS) is 12.5. The number of carbonyl (C=O) groups is 1. The number of hydrogen-bond acceptors (Lipinski definition) is 4. The number of nitrogens with zero attached hydrogens (tertiary/aromatic N) is 3. The van der Waals surface area contributed by atoms with Crippen molar-refractivity contribution in [2.24, 2.45) is 5.73 Å². The average molecular weight is 211 g/mol. The number of nitrogens with two attached hydrogens (primary N) is 1. The number of amides is 1. The molecule has 0 aromatic carbocycles. The number of hydrogen-bond donors (Lipinski definition) is 2. The second kappa shape index (κ2) is 5.45. The zero-order valence-corrected chi connectivity index (χ0v) is 9.10. The van der Waals surface area contributed by atoms with E-state index < -0.39 is 6.04 Å². The lowest BCUT2D eigenvalue weighted by atomic mass is 10.1. The molecule has 0 saturated heterocycles. The molecule has 0 saturated carbocycles. The van der Waals surface area contributed by atoms with E-state index in [9.17, 15) is 4.79 Å². The molecule has 6 heteroatoms. The molecule has 1 amide bonds. The van der Waals surface area contributed by atoms with E-state index in [0.29, 0.717) is 18.8 Å². The SMILES string of the molecule is CCC[C@H](N)C(=O)N(C)Cc1ncn[nH]1. The van der Waals surface area contributed by atoms with Gasteiger partial charge >= 0.3 is 0 Å². The van der Waals surface area contributed by atoms with Gasteiger partial charge < -0.3 is 10.6 Å². The van der Waals surface area contributed by atoms with E-state index in [-0.39, 0.29) is 5.91 Å². The van der Waals surface area contributed by atoms with Crippen molar-refractivity contribution in [3.05, 3.63) is 12.2 Å². The highest BCUT2D eigenvalue weighted by Crippen LogP contribution is 2.01. The van der Waals surface area contributed by atoms with Crippen molar-refractivity contribution >= 4 is 5.91 Å². The smallest absolute Gasteiger partial charge is 0.239 e. The maximum atomic E-state index is 11.7. The number of aromatic nitrogens is 3. The van der Waals surface area contributed by atoms with Crippen molar-refractivity contribution in [2.75, 3.05) is 7.05 Å². The van der Waals surface area contributed by atoms with E-state index in [2.05, 4.69) is 15.2 Å². The third kappa shape index (κ3) is 3.32. The van der Waals surface area contributed by atoms with Crippen LogP contribution in [0, 0.1) is 0 Å². The van der Waals surface area contributed by atoms with E-state index in [0.717, 1.165) is 6.42 Å². The Hall–Kier alpha value is -1.43. The summed E-state index contributed by atoms with van der Waals surface area (Å²) in [6.45, 7) is 2.42. The van der Waals surface area contributed by atoms with Crippen molar-refractivity contribution < 1.29 is 4.79 Å². The highest BCUT2D eigenvalue weighted by molar-refractivity contribution is 5.81. The molecule has 0 aliphatic carbocycles. The van der Waals surface area contributed by atoms with E-state index in [4.69, 9.17) is 5.73 Å². The molecule has 1 atom stereocenters. The average Bonchev–Trinajstić information content (AvgIpc) is 2.69. The number of H-pyrrole nitrogens is 1. The Bertz CT molecular complexity index is 297. The van der Waals surface area contributed by atoms with Crippen molar-refractivity contribution in [1.29, 1.82) is 0 Å². The monoisotopic (exact) mass is 211 g/mol. The predicted octanol–water partition coefficient (Wildman–Crippen LogP) is -0.109. The maximum Gasteiger partial charge on any atom is 0.239 e.